The van der Waals surface area contributed by atoms with Gasteiger partial charge in [-0.05, 0) is 60.5 Å². The average molecular weight is 535 g/mol. The third-order valence-corrected chi connectivity index (χ3v) is 7.22. The predicted molar refractivity (Wildman–Crippen MR) is 148 cm³/mol. The van der Waals surface area contributed by atoms with Crippen LogP contribution in [0.15, 0.2) is 103 Å². The summed E-state index contributed by atoms with van der Waals surface area (Å²) >= 11 is 0. The summed E-state index contributed by atoms with van der Waals surface area (Å²) in [6, 6.07) is 29.7. The van der Waals surface area contributed by atoms with Gasteiger partial charge in [0, 0.05) is 0 Å². The second-order valence-electron chi connectivity index (χ2n) is 9.62. The van der Waals surface area contributed by atoms with Gasteiger partial charge in [-0.15, -0.1) is 0 Å². The molecule has 6 rings (SSSR count). The van der Waals surface area contributed by atoms with Crippen molar-refractivity contribution in [3.8, 4) is 11.5 Å². The number of hydrogen-bond acceptors (Lipinski definition) is 7. The first-order chi connectivity index (χ1) is 19.5. The topological polar surface area (TPSA) is 85.4 Å². The highest BCUT2D eigenvalue weighted by Crippen LogP contribution is 2.49. The van der Waals surface area contributed by atoms with E-state index in [0.717, 1.165) is 5.56 Å². The summed E-state index contributed by atoms with van der Waals surface area (Å²) in [4.78, 5) is 47.7. The molecule has 0 spiro atoms. The first kappa shape index (κ1) is 25.3. The number of hydroxylamine groups is 1. The van der Waals surface area contributed by atoms with Crippen molar-refractivity contribution in [3.05, 3.63) is 120 Å². The van der Waals surface area contributed by atoms with Crippen LogP contribution < -0.4 is 19.4 Å². The molecule has 8 heteroatoms. The van der Waals surface area contributed by atoms with Crippen molar-refractivity contribution in [1.82, 2.24) is 0 Å². The van der Waals surface area contributed by atoms with Gasteiger partial charge in [-0.2, -0.15) is 0 Å². The normalized spacial score (nSPS) is 20.0. The number of fused-ring (bicyclic) bond motifs is 1. The maximum Gasteiger partial charge on any atom is 0.343 e. The number of ether oxygens (including phenoxy) is 2. The SMILES string of the molecule is COc1cc([C@@H]2[C@@H]3C(=O)N(c4ccccc4C)C(=O)[C@H]3ON2c2ccccc2)ccc1OC(=O)c1ccccc1. The third-order valence-electron chi connectivity index (χ3n) is 7.22. The monoisotopic (exact) mass is 534 g/mol. The summed E-state index contributed by atoms with van der Waals surface area (Å²) in [5, 5.41) is 1.62. The van der Waals surface area contributed by atoms with Crippen LogP contribution in [-0.2, 0) is 14.4 Å². The van der Waals surface area contributed by atoms with Crippen LogP contribution in [0, 0.1) is 12.8 Å². The highest BCUT2D eigenvalue weighted by atomic mass is 16.7. The molecule has 0 aliphatic carbocycles. The smallest absolute Gasteiger partial charge is 0.343 e. The van der Waals surface area contributed by atoms with Gasteiger partial charge in [-0.1, -0.05) is 60.7 Å². The molecule has 4 aromatic carbocycles. The molecule has 2 amide bonds. The van der Waals surface area contributed by atoms with Crippen molar-refractivity contribution >= 4 is 29.2 Å². The maximum absolute atomic E-state index is 13.9. The minimum absolute atomic E-state index is 0.234. The van der Waals surface area contributed by atoms with E-state index in [-0.39, 0.29) is 11.7 Å². The number of nitrogens with zero attached hydrogens (tertiary/aromatic N) is 2. The van der Waals surface area contributed by atoms with E-state index in [9.17, 15) is 14.4 Å². The molecule has 2 aliphatic heterocycles. The van der Waals surface area contributed by atoms with Crippen LogP contribution in [0.3, 0.4) is 0 Å². The lowest BCUT2D eigenvalue weighted by Crippen LogP contribution is -2.37. The standard InChI is InChI=1S/C32H26N2O6/c1-20-11-9-10-16-24(20)33-30(35)27-28(34(40-29(27)31(33)36)23-14-7-4-8-15-23)22-17-18-25(26(19-22)38-2)39-32(37)21-12-5-3-6-13-21/h3-19,27-29H,1-2H3/t27-,28+,29-/m0/s1. The van der Waals surface area contributed by atoms with Crippen LogP contribution in [0.5, 0.6) is 11.5 Å². The number of aryl methyl sites for hydroxylation is 1. The van der Waals surface area contributed by atoms with Crippen molar-refractivity contribution in [2.24, 2.45) is 5.92 Å². The summed E-state index contributed by atoms with van der Waals surface area (Å²) in [5.74, 6) is -1.54. The van der Waals surface area contributed by atoms with Gasteiger partial charge in [0.05, 0.1) is 30.1 Å². The number of rotatable bonds is 6. The number of hydrogen-bond donors (Lipinski definition) is 0. The Morgan fingerprint density at radius 1 is 0.800 bits per heavy atom. The molecule has 0 radical (unpaired) electrons. The lowest BCUT2D eigenvalue weighted by molar-refractivity contribution is -0.126. The second kappa shape index (κ2) is 10.3. The van der Waals surface area contributed by atoms with Crippen LogP contribution in [0.2, 0.25) is 0 Å². The highest BCUT2D eigenvalue weighted by Gasteiger charge is 2.60. The molecule has 0 N–H and O–H groups in total. The maximum atomic E-state index is 13.9. The Morgan fingerprint density at radius 2 is 1.48 bits per heavy atom. The van der Waals surface area contributed by atoms with Crippen LogP contribution >= 0.6 is 0 Å². The Balaban J connectivity index is 1.39. The Bertz CT molecular complexity index is 1590. The summed E-state index contributed by atoms with van der Waals surface area (Å²) in [6.07, 6.45) is -1.00. The highest BCUT2D eigenvalue weighted by molar-refractivity contribution is 6.24. The van der Waals surface area contributed by atoms with Gasteiger partial charge < -0.3 is 9.47 Å². The van der Waals surface area contributed by atoms with Gasteiger partial charge in [0.2, 0.25) is 5.91 Å². The summed E-state index contributed by atoms with van der Waals surface area (Å²) in [7, 11) is 1.48. The van der Waals surface area contributed by atoms with Crippen molar-refractivity contribution in [3.63, 3.8) is 0 Å². The largest absolute Gasteiger partial charge is 0.493 e. The van der Waals surface area contributed by atoms with Crippen molar-refractivity contribution in [1.29, 1.82) is 0 Å². The molecule has 0 unspecified atom stereocenters. The van der Waals surface area contributed by atoms with E-state index in [1.807, 2.05) is 55.5 Å². The van der Waals surface area contributed by atoms with E-state index < -0.39 is 29.9 Å². The summed E-state index contributed by atoms with van der Waals surface area (Å²) < 4.78 is 11.2. The first-order valence-electron chi connectivity index (χ1n) is 12.9. The number of methoxy groups -OCH3 is 1. The van der Waals surface area contributed by atoms with Crippen molar-refractivity contribution < 1.29 is 28.7 Å². The minimum Gasteiger partial charge on any atom is -0.493 e. The van der Waals surface area contributed by atoms with Crippen molar-refractivity contribution in [2.45, 2.75) is 19.1 Å². The molecule has 40 heavy (non-hydrogen) atoms. The van der Waals surface area contributed by atoms with E-state index >= 15 is 0 Å². The summed E-state index contributed by atoms with van der Waals surface area (Å²) in [6.45, 7) is 1.86. The number of benzene rings is 4. The molecular formula is C32H26N2O6. The Kier molecular flexibility index (Phi) is 6.53. The minimum atomic E-state index is -1.00. The molecule has 2 saturated heterocycles. The van der Waals surface area contributed by atoms with E-state index in [2.05, 4.69) is 0 Å². The van der Waals surface area contributed by atoms with Gasteiger partial charge >= 0.3 is 5.97 Å². The van der Waals surface area contributed by atoms with Gasteiger partial charge in [-0.25, -0.2) is 14.8 Å². The van der Waals surface area contributed by atoms with Gasteiger partial charge in [0.25, 0.3) is 5.91 Å². The molecule has 2 heterocycles. The van der Waals surface area contributed by atoms with Crippen LogP contribution in [-0.4, -0.2) is 31.0 Å². The Labute approximate surface area is 231 Å². The van der Waals surface area contributed by atoms with Crippen LogP contribution in [0.1, 0.15) is 27.5 Å². The lowest BCUT2D eigenvalue weighted by Gasteiger charge is -2.29. The first-order valence-corrected chi connectivity index (χ1v) is 12.9. The number of imide groups is 1. The fourth-order valence-corrected chi connectivity index (χ4v) is 5.29. The molecule has 8 nitrogen and oxygen atoms in total. The van der Waals surface area contributed by atoms with Crippen molar-refractivity contribution in [2.75, 3.05) is 17.1 Å². The Morgan fingerprint density at radius 3 is 2.17 bits per heavy atom. The number of para-hydroxylation sites is 2. The number of esters is 1. The van der Waals surface area contributed by atoms with E-state index in [1.165, 1.54) is 12.0 Å². The molecule has 4 aromatic rings. The zero-order valence-electron chi connectivity index (χ0n) is 21.9. The molecule has 3 atom stereocenters. The van der Waals surface area contributed by atoms with E-state index in [4.69, 9.17) is 14.3 Å². The lowest BCUT2D eigenvalue weighted by atomic mass is 9.90. The number of carbonyl (C=O) groups is 3. The number of carbonyl (C=O) groups excluding carboxylic acids is 3. The van der Waals surface area contributed by atoms with Gasteiger partial charge in [0.1, 0.15) is 5.92 Å². The summed E-state index contributed by atoms with van der Waals surface area (Å²) in [5.41, 5.74) is 3.12. The number of anilines is 2. The molecular weight excluding hydrogens is 508 g/mol. The fourth-order valence-electron chi connectivity index (χ4n) is 5.29. The van der Waals surface area contributed by atoms with Gasteiger partial charge in [-0.3, -0.25) is 14.4 Å². The quantitative estimate of drug-likeness (QED) is 0.189. The zero-order valence-corrected chi connectivity index (χ0v) is 21.9. The molecule has 0 aromatic heterocycles. The molecule has 0 bridgehead atoms. The average Bonchev–Trinajstić information content (AvgIpc) is 3.50. The van der Waals surface area contributed by atoms with E-state index in [0.29, 0.717) is 28.3 Å². The second-order valence-corrected chi connectivity index (χ2v) is 9.62. The number of amides is 2. The molecule has 2 fully saturated rings. The van der Waals surface area contributed by atoms with E-state index in [1.54, 1.807) is 59.7 Å². The molecule has 2 aliphatic rings. The van der Waals surface area contributed by atoms with Crippen LogP contribution in [0.4, 0.5) is 11.4 Å². The third kappa shape index (κ3) is 4.28. The molecule has 0 saturated carbocycles. The van der Waals surface area contributed by atoms with Crippen LogP contribution in [0.25, 0.3) is 0 Å². The predicted octanol–water partition coefficient (Wildman–Crippen LogP) is 5.27. The Hall–Kier alpha value is -4.95. The molecule has 200 valence electrons. The zero-order chi connectivity index (χ0) is 27.8. The van der Waals surface area contributed by atoms with Gasteiger partial charge in [0.15, 0.2) is 17.6 Å². The fraction of sp³-hybridized carbons (Fsp3) is 0.156.